The van der Waals surface area contributed by atoms with Crippen LogP contribution in [0.15, 0.2) is 24.4 Å². The lowest BCUT2D eigenvalue weighted by molar-refractivity contribution is -0.141. The Hall–Kier alpha value is -3.44. The first-order valence-corrected chi connectivity index (χ1v) is 13.2. The van der Waals surface area contributed by atoms with Gasteiger partial charge in [0.15, 0.2) is 11.6 Å². The number of hydrogen-bond acceptors (Lipinski definition) is 8. The normalized spacial score (nSPS) is 21.7. The summed E-state index contributed by atoms with van der Waals surface area (Å²) < 4.78 is 17.1. The van der Waals surface area contributed by atoms with Crippen molar-refractivity contribution in [1.29, 1.82) is 0 Å². The maximum absolute atomic E-state index is 13.6. The molecule has 2 N–H and O–H groups in total. The number of urea groups is 1. The van der Waals surface area contributed by atoms with E-state index in [-0.39, 0.29) is 30.1 Å². The lowest BCUT2D eigenvalue weighted by Crippen LogP contribution is -2.56. The van der Waals surface area contributed by atoms with Gasteiger partial charge in [-0.2, -0.15) is 0 Å². The van der Waals surface area contributed by atoms with Crippen LogP contribution in [-0.2, 0) is 9.47 Å². The van der Waals surface area contributed by atoms with Crippen LogP contribution >= 0.6 is 0 Å². The Labute approximate surface area is 222 Å². The fourth-order valence-corrected chi connectivity index (χ4v) is 5.21. The predicted molar refractivity (Wildman–Crippen MR) is 143 cm³/mol. The number of amides is 3. The van der Waals surface area contributed by atoms with Crippen LogP contribution in [0, 0.1) is 6.92 Å². The fourth-order valence-electron chi connectivity index (χ4n) is 5.21. The number of nitrogens with one attached hydrogen (secondary N) is 2. The van der Waals surface area contributed by atoms with E-state index in [1.165, 1.54) is 0 Å². The number of ether oxygens (including phenoxy) is 3. The zero-order chi connectivity index (χ0) is 27.0. The van der Waals surface area contributed by atoms with Gasteiger partial charge in [-0.1, -0.05) is 0 Å². The number of hydrogen-bond donors (Lipinski definition) is 2. The molecule has 5 rings (SSSR count). The minimum atomic E-state index is -0.602. The topological polar surface area (TPSA) is 118 Å². The number of carbonyl (C=O) groups is 2. The highest BCUT2D eigenvalue weighted by molar-refractivity contribution is 6.05. The number of carbonyl (C=O) groups excluding carboxylic acids is 2. The van der Waals surface area contributed by atoms with Crippen LogP contribution in [0.3, 0.4) is 0 Å². The van der Waals surface area contributed by atoms with E-state index >= 15 is 0 Å². The third-order valence-corrected chi connectivity index (χ3v) is 6.82. The molecule has 2 aromatic heterocycles. The van der Waals surface area contributed by atoms with Crippen LogP contribution in [0.4, 0.5) is 22.1 Å². The summed E-state index contributed by atoms with van der Waals surface area (Å²) in [6.45, 7) is 11.9. The van der Waals surface area contributed by atoms with Crippen molar-refractivity contribution >= 4 is 29.3 Å². The van der Waals surface area contributed by atoms with Gasteiger partial charge in [-0.25, -0.2) is 14.8 Å². The molecule has 5 heterocycles. The number of anilines is 3. The molecular formula is C27H36N6O5. The molecule has 11 heteroatoms. The maximum Gasteiger partial charge on any atom is 0.329 e. The fraction of sp³-hybridized carbons (Fsp3) is 0.556. The Morgan fingerprint density at radius 1 is 1.29 bits per heavy atom. The van der Waals surface area contributed by atoms with Crippen LogP contribution in [-0.4, -0.2) is 72.2 Å². The van der Waals surface area contributed by atoms with Crippen LogP contribution in [0.2, 0.25) is 0 Å². The van der Waals surface area contributed by atoms with Gasteiger partial charge < -0.3 is 24.4 Å². The van der Waals surface area contributed by atoms with Crippen molar-refractivity contribution in [3.05, 3.63) is 35.7 Å². The van der Waals surface area contributed by atoms with Gasteiger partial charge in [0.25, 0.3) is 5.91 Å². The summed E-state index contributed by atoms with van der Waals surface area (Å²) in [7, 11) is 0. The summed E-state index contributed by atoms with van der Waals surface area (Å²) >= 11 is 0. The SMILES string of the molecule is Cc1cc(C(=O)NC(C)C)nc2c1N1CCC[C@@H](C1)N2C(=O)Nc1ccc(OC[C@@H]2COC(C)(C)O2)cn1. The summed E-state index contributed by atoms with van der Waals surface area (Å²) in [5.74, 6) is 0.617. The number of aryl methyl sites for hydroxylation is 1. The molecular weight excluding hydrogens is 488 g/mol. The Kier molecular flexibility index (Phi) is 7.15. The zero-order valence-electron chi connectivity index (χ0n) is 22.6. The van der Waals surface area contributed by atoms with Crippen LogP contribution in [0.1, 0.15) is 56.6 Å². The molecule has 2 fully saturated rings. The van der Waals surface area contributed by atoms with E-state index in [4.69, 9.17) is 14.2 Å². The molecule has 3 aliphatic heterocycles. The van der Waals surface area contributed by atoms with E-state index in [0.717, 1.165) is 37.2 Å². The van der Waals surface area contributed by atoms with E-state index in [2.05, 4.69) is 25.5 Å². The Morgan fingerprint density at radius 3 is 2.79 bits per heavy atom. The molecule has 3 aliphatic rings. The number of pyridine rings is 2. The second kappa shape index (κ2) is 10.4. The molecule has 2 atom stereocenters. The first-order valence-electron chi connectivity index (χ1n) is 13.2. The van der Waals surface area contributed by atoms with Crippen molar-refractivity contribution in [2.45, 2.75) is 71.4 Å². The number of rotatable bonds is 6. The molecule has 0 saturated carbocycles. The highest BCUT2D eigenvalue weighted by atomic mass is 16.7. The van der Waals surface area contributed by atoms with Crippen LogP contribution < -0.4 is 25.2 Å². The van der Waals surface area contributed by atoms with Crippen LogP contribution in [0.25, 0.3) is 0 Å². The average molecular weight is 525 g/mol. The standard InChI is InChI=1S/C27H36N6O5/c1-16(2)29-25(34)21-11-17(3)23-24(30-21)33(18-7-6-10-32(23)13-18)26(35)31-22-9-8-19(12-28-22)36-14-20-15-37-27(4,5)38-20/h8-9,11-12,16,18,20H,6-7,10,13-15H2,1-5H3,(H,29,34)(H,28,31,35)/t18-,20+/m0/s1. The Balaban J connectivity index is 1.32. The van der Waals surface area contributed by atoms with Gasteiger partial charge in [-0.15, -0.1) is 0 Å². The van der Waals surface area contributed by atoms with Crippen molar-refractivity contribution < 1.29 is 23.8 Å². The van der Waals surface area contributed by atoms with Gasteiger partial charge in [0.2, 0.25) is 0 Å². The monoisotopic (exact) mass is 524 g/mol. The second-order valence-electron chi connectivity index (χ2n) is 10.8. The lowest BCUT2D eigenvalue weighted by atomic mass is 9.98. The molecule has 2 aromatic rings. The Morgan fingerprint density at radius 2 is 2.11 bits per heavy atom. The minimum Gasteiger partial charge on any atom is -0.489 e. The minimum absolute atomic E-state index is 0.0212. The van der Waals surface area contributed by atoms with Crippen molar-refractivity contribution in [2.75, 3.05) is 41.4 Å². The van der Waals surface area contributed by atoms with E-state index in [9.17, 15) is 9.59 Å². The molecule has 38 heavy (non-hydrogen) atoms. The molecule has 0 radical (unpaired) electrons. The molecule has 0 aromatic carbocycles. The van der Waals surface area contributed by atoms with Gasteiger partial charge in [-0.3, -0.25) is 15.0 Å². The smallest absolute Gasteiger partial charge is 0.329 e. The zero-order valence-corrected chi connectivity index (χ0v) is 22.6. The largest absolute Gasteiger partial charge is 0.489 e. The molecule has 0 aliphatic carbocycles. The molecule has 11 nitrogen and oxygen atoms in total. The van der Waals surface area contributed by atoms with Crippen molar-refractivity contribution in [3.63, 3.8) is 0 Å². The van der Waals surface area contributed by atoms with Gasteiger partial charge >= 0.3 is 6.03 Å². The summed E-state index contributed by atoms with van der Waals surface area (Å²) in [5, 5.41) is 5.80. The predicted octanol–water partition coefficient (Wildman–Crippen LogP) is 3.47. The number of piperidine rings is 1. The van der Waals surface area contributed by atoms with Gasteiger partial charge in [0.05, 0.1) is 24.5 Å². The van der Waals surface area contributed by atoms with E-state index in [1.54, 1.807) is 29.3 Å². The summed E-state index contributed by atoms with van der Waals surface area (Å²) in [6, 6.07) is 4.86. The molecule has 2 saturated heterocycles. The first kappa shape index (κ1) is 26.2. The second-order valence-corrected chi connectivity index (χ2v) is 10.8. The highest BCUT2D eigenvalue weighted by Gasteiger charge is 2.40. The van der Waals surface area contributed by atoms with Gasteiger partial charge in [-0.05, 0) is 71.2 Å². The number of fused-ring (bicyclic) bond motifs is 4. The lowest BCUT2D eigenvalue weighted by Gasteiger charge is -2.46. The van der Waals surface area contributed by atoms with Crippen LogP contribution in [0.5, 0.6) is 5.75 Å². The molecule has 0 unspecified atom stereocenters. The summed E-state index contributed by atoms with van der Waals surface area (Å²) in [6.07, 6.45) is 3.25. The quantitative estimate of drug-likeness (QED) is 0.590. The third-order valence-electron chi connectivity index (χ3n) is 6.82. The summed E-state index contributed by atoms with van der Waals surface area (Å²) in [4.78, 5) is 39.4. The van der Waals surface area contributed by atoms with Crippen molar-refractivity contribution in [2.24, 2.45) is 0 Å². The highest BCUT2D eigenvalue weighted by Crippen LogP contribution is 2.40. The number of nitrogens with zero attached hydrogens (tertiary/aromatic N) is 4. The molecule has 0 spiro atoms. The van der Waals surface area contributed by atoms with E-state index in [1.807, 2.05) is 34.6 Å². The molecule has 204 valence electrons. The molecule has 3 amide bonds. The van der Waals surface area contributed by atoms with Gasteiger partial charge in [0, 0.05) is 19.1 Å². The maximum atomic E-state index is 13.6. The third kappa shape index (κ3) is 5.53. The summed E-state index contributed by atoms with van der Waals surface area (Å²) in [5.41, 5.74) is 2.12. The molecule has 2 bridgehead atoms. The average Bonchev–Trinajstić information content (AvgIpc) is 3.21. The van der Waals surface area contributed by atoms with Crippen molar-refractivity contribution in [3.8, 4) is 5.75 Å². The Bertz CT molecular complexity index is 1200. The first-order chi connectivity index (χ1) is 18.1. The van der Waals surface area contributed by atoms with Gasteiger partial charge in [0.1, 0.15) is 30.0 Å². The van der Waals surface area contributed by atoms with Crippen molar-refractivity contribution in [1.82, 2.24) is 15.3 Å². The number of aromatic nitrogens is 2. The van der Waals surface area contributed by atoms with E-state index < -0.39 is 5.79 Å². The van der Waals surface area contributed by atoms with E-state index in [0.29, 0.717) is 36.3 Å².